The summed E-state index contributed by atoms with van der Waals surface area (Å²) >= 11 is 11.9. The van der Waals surface area contributed by atoms with Crippen molar-refractivity contribution in [1.29, 1.82) is 0 Å². The minimum absolute atomic E-state index is 0.307. The molecule has 0 radical (unpaired) electrons. The van der Waals surface area contributed by atoms with Gasteiger partial charge in [0.25, 0.3) is 5.91 Å². The van der Waals surface area contributed by atoms with Crippen LogP contribution < -0.4 is 10.6 Å². The van der Waals surface area contributed by atoms with E-state index in [4.69, 9.17) is 23.2 Å². The lowest BCUT2D eigenvalue weighted by molar-refractivity contribution is 0.102. The molecule has 0 aliphatic rings. The molecule has 0 unspecified atom stereocenters. The second-order valence-electron chi connectivity index (χ2n) is 5.38. The van der Waals surface area contributed by atoms with Crippen molar-refractivity contribution in [3.05, 3.63) is 88.2 Å². The summed E-state index contributed by atoms with van der Waals surface area (Å²) in [6.45, 7) is 0.690. The van der Waals surface area contributed by atoms with Crippen molar-refractivity contribution in [2.75, 3.05) is 10.6 Å². The fraction of sp³-hybridized carbons (Fsp3) is 0.0526. The predicted molar refractivity (Wildman–Crippen MR) is 102 cm³/mol. The Morgan fingerprint density at radius 3 is 2.28 bits per heavy atom. The molecule has 4 nitrogen and oxygen atoms in total. The molecule has 3 rings (SSSR count). The van der Waals surface area contributed by atoms with Gasteiger partial charge in [0.2, 0.25) is 0 Å². The summed E-state index contributed by atoms with van der Waals surface area (Å²) in [5, 5.41) is 6.90. The Labute approximate surface area is 155 Å². The molecule has 2 N–H and O–H groups in total. The lowest BCUT2D eigenvalue weighted by Crippen LogP contribution is -2.13. The minimum Gasteiger partial charge on any atom is -0.380 e. The van der Waals surface area contributed by atoms with Crippen LogP contribution in [0.5, 0.6) is 0 Å². The molecule has 3 aromatic rings. The highest BCUT2D eigenvalue weighted by atomic mass is 35.5. The van der Waals surface area contributed by atoms with E-state index >= 15 is 0 Å². The summed E-state index contributed by atoms with van der Waals surface area (Å²) in [7, 11) is 0. The van der Waals surface area contributed by atoms with Crippen LogP contribution in [0.1, 0.15) is 16.1 Å². The molecule has 126 valence electrons. The molecule has 0 atom stereocenters. The van der Waals surface area contributed by atoms with Crippen LogP contribution in [0.2, 0.25) is 10.0 Å². The number of carbonyl (C=O) groups is 1. The average Bonchev–Trinajstić information content (AvgIpc) is 2.60. The van der Waals surface area contributed by atoms with E-state index in [0.29, 0.717) is 28.0 Å². The number of rotatable bonds is 5. The van der Waals surface area contributed by atoms with Crippen LogP contribution in [0.3, 0.4) is 0 Å². The van der Waals surface area contributed by atoms with E-state index in [-0.39, 0.29) is 5.91 Å². The number of benzene rings is 2. The number of anilines is 2. The van der Waals surface area contributed by atoms with E-state index in [1.54, 1.807) is 30.5 Å². The van der Waals surface area contributed by atoms with E-state index in [0.717, 1.165) is 5.69 Å². The van der Waals surface area contributed by atoms with Crippen LogP contribution in [0.15, 0.2) is 66.9 Å². The van der Waals surface area contributed by atoms with Gasteiger partial charge in [-0.25, -0.2) is 4.98 Å². The van der Waals surface area contributed by atoms with Gasteiger partial charge in [-0.1, -0.05) is 53.5 Å². The molecule has 0 spiro atoms. The first-order chi connectivity index (χ1) is 12.1. The summed E-state index contributed by atoms with van der Waals surface area (Å²) in [6, 6.07) is 18.4. The molecule has 25 heavy (non-hydrogen) atoms. The molecule has 0 aliphatic carbocycles. The first-order valence-corrected chi connectivity index (χ1v) is 8.37. The third-order valence-corrected chi connectivity index (χ3v) is 3.89. The third-order valence-electron chi connectivity index (χ3n) is 3.46. The average molecular weight is 372 g/mol. The number of amides is 1. The Kier molecular flexibility index (Phi) is 5.53. The van der Waals surface area contributed by atoms with Crippen molar-refractivity contribution in [2.45, 2.75) is 6.54 Å². The smallest absolute Gasteiger partial charge is 0.274 e. The van der Waals surface area contributed by atoms with Crippen molar-refractivity contribution in [3.8, 4) is 0 Å². The summed E-state index contributed by atoms with van der Waals surface area (Å²) in [5.41, 5.74) is 2.84. The number of carbonyl (C=O) groups excluding carboxylic acids is 1. The van der Waals surface area contributed by atoms with Gasteiger partial charge in [0, 0.05) is 22.3 Å². The van der Waals surface area contributed by atoms with E-state index in [2.05, 4.69) is 15.6 Å². The topological polar surface area (TPSA) is 54.0 Å². The van der Waals surface area contributed by atoms with Crippen LogP contribution in [-0.4, -0.2) is 10.9 Å². The highest BCUT2D eigenvalue weighted by Gasteiger charge is 2.09. The Balaban J connectivity index is 1.62. The zero-order valence-electron chi connectivity index (χ0n) is 13.2. The molecule has 1 aromatic heterocycles. The zero-order valence-corrected chi connectivity index (χ0v) is 14.7. The van der Waals surface area contributed by atoms with Crippen LogP contribution >= 0.6 is 23.2 Å². The third kappa shape index (κ3) is 4.95. The van der Waals surface area contributed by atoms with E-state index < -0.39 is 0 Å². The number of halogens is 2. The predicted octanol–water partition coefficient (Wildman–Crippen LogP) is 5.25. The van der Waals surface area contributed by atoms with Crippen molar-refractivity contribution >= 4 is 40.5 Å². The van der Waals surface area contributed by atoms with Gasteiger partial charge in [0.1, 0.15) is 5.69 Å². The van der Waals surface area contributed by atoms with Gasteiger partial charge < -0.3 is 10.6 Å². The summed E-state index contributed by atoms with van der Waals surface area (Å²) < 4.78 is 0. The zero-order chi connectivity index (χ0) is 17.6. The molecule has 0 saturated carbocycles. The number of nitrogens with one attached hydrogen (secondary N) is 2. The van der Waals surface area contributed by atoms with Crippen molar-refractivity contribution in [3.63, 3.8) is 0 Å². The summed E-state index contributed by atoms with van der Waals surface area (Å²) in [6.07, 6.45) is 1.63. The summed E-state index contributed by atoms with van der Waals surface area (Å²) in [5.74, 6) is -0.326. The Bertz CT molecular complexity index is 847. The van der Waals surface area contributed by atoms with Gasteiger partial charge in [-0.05, 0) is 35.9 Å². The maximum Gasteiger partial charge on any atom is 0.274 e. The maximum atomic E-state index is 12.2. The van der Waals surface area contributed by atoms with Gasteiger partial charge in [-0.15, -0.1) is 0 Å². The van der Waals surface area contributed by atoms with Crippen LogP contribution in [0.4, 0.5) is 11.4 Å². The van der Waals surface area contributed by atoms with Gasteiger partial charge in [-0.3, -0.25) is 4.79 Å². The van der Waals surface area contributed by atoms with Gasteiger partial charge in [0.15, 0.2) is 0 Å². The lowest BCUT2D eigenvalue weighted by atomic mass is 10.2. The molecule has 1 heterocycles. The molecule has 0 bridgehead atoms. The second kappa shape index (κ2) is 8.01. The highest BCUT2D eigenvalue weighted by Crippen LogP contribution is 2.22. The van der Waals surface area contributed by atoms with Crippen molar-refractivity contribution in [2.24, 2.45) is 0 Å². The van der Waals surface area contributed by atoms with E-state index in [9.17, 15) is 4.79 Å². The maximum absolute atomic E-state index is 12.2. The van der Waals surface area contributed by atoms with Crippen LogP contribution in [0.25, 0.3) is 0 Å². The van der Waals surface area contributed by atoms with E-state index in [1.165, 1.54) is 5.56 Å². The Morgan fingerprint density at radius 2 is 1.64 bits per heavy atom. The Morgan fingerprint density at radius 1 is 0.920 bits per heavy atom. The highest BCUT2D eigenvalue weighted by molar-refractivity contribution is 6.35. The van der Waals surface area contributed by atoms with Gasteiger partial charge in [0.05, 0.1) is 11.9 Å². The first kappa shape index (κ1) is 17.3. The number of nitrogens with zero attached hydrogens (tertiary/aromatic N) is 1. The SMILES string of the molecule is O=C(Nc1cc(Cl)cc(Cl)c1)c1ccc(NCc2ccccc2)cn1. The number of hydrogen-bond acceptors (Lipinski definition) is 3. The lowest BCUT2D eigenvalue weighted by Gasteiger charge is -2.08. The second-order valence-corrected chi connectivity index (χ2v) is 6.26. The quantitative estimate of drug-likeness (QED) is 0.643. The number of aromatic nitrogens is 1. The monoisotopic (exact) mass is 371 g/mol. The molecule has 1 amide bonds. The van der Waals surface area contributed by atoms with Crippen LogP contribution in [-0.2, 0) is 6.54 Å². The molecule has 0 aliphatic heterocycles. The largest absolute Gasteiger partial charge is 0.380 e. The molecule has 6 heteroatoms. The van der Waals surface area contributed by atoms with E-state index in [1.807, 2.05) is 36.4 Å². The molecular formula is C19H15Cl2N3O. The van der Waals surface area contributed by atoms with Crippen LogP contribution in [0, 0.1) is 0 Å². The fourth-order valence-electron chi connectivity index (χ4n) is 2.25. The molecule has 0 fully saturated rings. The normalized spacial score (nSPS) is 10.3. The Hall–Kier alpha value is -2.56. The van der Waals surface area contributed by atoms with Gasteiger partial charge >= 0.3 is 0 Å². The number of pyridine rings is 1. The van der Waals surface area contributed by atoms with Gasteiger partial charge in [-0.2, -0.15) is 0 Å². The molecular weight excluding hydrogens is 357 g/mol. The summed E-state index contributed by atoms with van der Waals surface area (Å²) in [4.78, 5) is 16.4. The fourth-order valence-corrected chi connectivity index (χ4v) is 2.78. The molecule has 0 saturated heterocycles. The first-order valence-electron chi connectivity index (χ1n) is 7.61. The van der Waals surface area contributed by atoms with Crippen molar-refractivity contribution < 1.29 is 4.79 Å². The van der Waals surface area contributed by atoms with Crippen molar-refractivity contribution in [1.82, 2.24) is 4.98 Å². The molecule has 2 aromatic carbocycles. The minimum atomic E-state index is -0.326. The standard InChI is InChI=1S/C19H15Cl2N3O/c20-14-8-15(21)10-17(9-14)24-19(25)18-7-6-16(12-23-18)22-11-13-4-2-1-3-5-13/h1-10,12,22H,11H2,(H,24,25). The number of hydrogen-bond donors (Lipinski definition) is 2.